The molecule has 0 fully saturated rings. The van der Waals surface area contributed by atoms with Crippen molar-refractivity contribution >= 4 is 11.6 Å². The molecule has 0 radical (unpaired) electrons. The second-order valence-corrected chi connectivity index (χ2v) is 4.80. The number of nitrogens with zero attached hydrogens (tertiary/aromatic N) is 1. The summed E-state index contributed by atoms with van der Waals surface area (Å²) < 4.78 is 5.73. The van der Waals surface area contributed by atoms with E-state index >= 15 is 0 Å². The van der Waals surface area contributed by atoms with E-state index in [4.69, 9.17) is 16.3 Å². The molecular weight excluding hydrogens is 248 g/mol. The topological polar surface area (TPSA) is 34.1 Å². The van der Waals surface area contributed by atoms with Crippen LogP contribution in [0, 0.1) is 5.92 Å². The summed E-state index contributed by atoms with van der Waals surface area (Å²) >= 11 is 6.09. The van der Waals surface area contributed by atoms with Crippen molar-refractivity contribution < 1.29 is 4.74 Å². The number of pyridine rings is 1. The van der Waals surface area contributed by atoms with Gasteiger partial charge in [0.1, 0.15) is 0 Å². The fraction of sp³-hybridized carbons (Fsp3) is 0.643. The van der Waals surface area contributed by atoms with Gasteiger partial charge in [-0.2, -0.15) is 0 Å². The summed E-state index contributed by atoms with van der Waals surface area (Å²) in [6, 6.07) is 1.92. The van der Waals surface area contributed by atoms with Crippen molar-refractivity contribution in [2.45, 2.75) is 40.2 Å². The molecule has 1 heterocycles. The minimum atomic E-state index is 0.597. The molecule has 0 aromatic carbocycles. The molecule has 1 rings (SSSR count). The number of nitrogens with one attached hydrogen (secondary N) is 1. The first-order valence-electron chi connectivity index (χ1n) is 6.69. The molecule has 0 unspecified atom stereocenters. The van der Waals surface area contributed by atoms with Crippen LogP contribution in [0.3, 0.4) is 0 Å². The monoisotopic (exact) mass is 270 g/mol. The first-order chi connectivity index (χ1) is 8.71. The van der Waals surface area contributed by atoms with Crippen molar-refractivity contribution in [1.29, 1.82) is 0 Å². The molecule has 0 aliphatic carbocycles. The van der Waals surface area contributed by atoms with Gasteiger partial charge in [0.05, 0.1) is 11.6 Å². The Hall–Kier alpha value is -0.800. The van der Waals surface area contributed by atoms with E-state index in [1.54, 1.807) is 6.20 Å². The molecule has 0 atom stereocenters. The van der Waals surface area contributed by atoms with Gasteiger partial charge < -0.3 is 10.1 Å². The lowest BCUT2D eigenvalue weighted by molar-refractivity contribution is 0.232. The average molecular weight is 271 g/mol. The molecule has 0 aliphatic heterocycles. The maximum Gasteiger partial charge on any atom is 0.213 e. The molecule has 0 spiro atoms. The maximum absolute atomic E-state index is 6.09. The van der Waals surface area contributed by atoms with E-state index in [9.17, 15) is 0 Å². The zero-order valence-corrected chi connectivity index (χ0v) is 12.3. The predicted molar refractivity (Wildman–Crippen MR) is 76.2 cm³/mol. The van der Waals surface area contributed by atoms with Crippen LogP contribution in [0.1, 0.15) is 39.2 Å². The summed E-state index contributed by atoms with van der Waals surface area (Å²) in [5, 5.41) is 3.94. The van der Waals surface area contributed by atoms with Crippen molar-refractivity contribution in [2.75, 3.05) is 13.2 Å². The van der Waals surface area contributed by atoms with Crippen molar-refractivity contribution in [2.24, 2.45) is 5.92 Å². The lowest BCUT2D eigenvalue weighted by Crippen LogP contribution is -2.13. The van der Waals surface area contributed by atoms with E-state index in [-0.39, 0.29) is 0 Å². The third-order valence-corrected chi connectivity index (χ3v) is 3.44. The molecule has 4 heteroatoms. The van der Waals surface area contributed by atoms with Gasteiger partial charge in [0.25, 0.3) is 0 Å². The highest BCUT2D eigenvalue weighted by atomic mass is 35.5. The fourth-order valence-electron chi connectivity index (χ4n) is 1.66. The molecular formula is C14H23ClN2O. The van der Waals surface area contributed by atoms with E-state index in [1.165, 1.54) is 0 Å². The summed E-state index contributed by atoms with van der Waals surface area (Å²) in [6.45, 7) is 8.83. The largest absolute Gasteiger partial charge is 0.477 e. The lowest BCUT2D eigenvalue weighted by Gasteiger charge is -2.14. The summed E-state index contributed by atoms with van der Waals surface area (Å²) in [6.07, 6.45) is 3.93. The molecule has 18 heavy (non-hydrogen) atoms. The SMILES string of the molecule is CCNCc1cc(OCC(CC)CC)ncc1Cl. The van der Waals surface area contributed by atoms with E-state index in [1.807, 2.05) is 6.07 Å². The van der Waals surface area contributed by atoms with Crippen molar-refractivity contribution in [3.63, 3.8) is 0 Å². The van der Waals surface area contributed by atoms with Crippen LogP contribution in [-0.2, 0) is 6.54 Å². The van der Waals surface area contributed by atoms with Crippen LogP contribution >= 0.6 is 11.6 Å². The zero-order valence-electron chi connectivity index (χ0n) is 11.5. The number of halogens is 1. The average Bonchev–Trinajstić information content (AvgIpc) is 2.40. The van der Waals surface area contributed by atoms with Crippen LogP contribution in [0.4, 0.5) is 0 Å². The van der Waals surface area contributed by atoms with Crippen LogP contribution in [0.2, 0.25) is 5.02 Å². The van der Waals surface area contributed by atoms with Crippen LogP contribution in [-0.4, -0.2) is 18.1 Å². The minimum Gasteiger partial charge on any atom is -0.477 e. The van der Waals surface area contributed by atoms with Crippen LogP contribution in [0.15, 0.2) is 12.3 Å². The van der Waals surface area contributed by atoms with Gasteiger partial charge in [0, 0.05) is 18.8 Å². The Bertz CT molecular complexity index is 354. The van der Waals surface area contributed by atoms with Gasteiger partial charge >= 0.3 is 0 Å². The van der Waals surface area contributed by atoms with Gasteiger partial charge in [-0.25, -0.2) is 4.98 Å². The van der Waals surface area contributed by atoms with Gasteiger partial charge in [0.15, 0.2) is 0 Å². The Morgan fingerprint density at radius 2 is 2.06 bits per heavy atom. The number of hydrogen-bond acceptors (Lipinski definition) is 3. The molecule has 1 N–H and O–H groups in total. The summed E-state index contributed by atoms with van der Waals surface area (Å²) in [5.41, 5.74) is 1.04. The van der Waals surface area contributed by atoms with E-state index < -0.39 is 0 Å². The molecule has 102 valence electrons. The Morgan fingerprint density at radius 3 is 2.67 bits per heavy atom. The molecule has 3 nitrogen and oxygen atoms in total. The third-order valence-electron chi connectivity index (χ3n) is 3.10. The second-order valence-electron chi connectivity index (χ2n) is 4.39. The summed E-state index contributed by atoms with van der Waals surface area (Å²) in [5.74, 6) is 1.26. The van der Waals surface area contributed by atoms with E-state index in [0.717, 1.165) is 38.1 Å². The molecule has 0 saturated heterocycles. The summed E-state index contributed by atoms with van der Waals surface area (Å²) in [7, 11) is 0. The Labute approximate surface area is 115 Å². The number of rotatable bonds is 8. The highest BCUT2D eigenvalue weighted by molar-refractivity contribution is 6.31. The molecule has 1 aromatic heterocycles. The van der Waals surface area contributed by atoms with Gasteiger partial charge in [0.2, 0.25) is 5.88 Å². The van der Waals surface area contributed by atoms with Gasteiger partial charge in [-0.3, -0.25) is 0 Å². The number of ether oxygens (including phenoxy) is 1. The standard InChI is InChI=1S/C14H23ClN2O/c1-4-11(5-2)10-18-14-7-12(8-16-6-3)13(15)9-17-14/h7,9,11,16H,4-6,8,10H2,1-3H3. The van der Waals surface area contributed by atoms with Gasteiger partial charge in [-0.15, -0.1) is 0 Å². The second kappa shape index (κ2) is 8.33. The first kappa shape index (κ1) is 15.3. The third kappa shape index (κ3) is 4.83. The molecule has 0 saturated carbocycles. The quantitative estimate of drug-likeness (QED) is 0.783. The van der Waals surface area contributed by atoms with Crippen LogP contribution < -0.4 is 10.1 Å². The normalized spacial score (nSPS) is 10.9. The molecule has 1 aromatic rings. The van der Waals surface area contributed by atoms with Crippen molar-refractivity contribution in [3.8, 4) is 5.88 Å². The lowest BCUT2D eigenvalue weighted by atomic mass is 10.1. The van der Waals surface area contributed by atoms with Crippen LogP contribution in [0.5, 0.6) is 5.88 Å². The Morgan fingerprint density at radius 1 is 1.33 bits per heavy atom. The Balaban J connectivity index is 2.60. The molecule has 0 amide bonds. The highest BCUT2D eigenvalue weighted by Gasteiger charge is 2.07. The van der Waals surface area contributed by atoms with Crippen molar-refractivity contribution in [3.05, 3.63) is 22.8 Å². The van der Waals surface area contributed by atoms with E-state index in [0.29, 0.717) is 16.8 Å². The number of aromatic nitrogens is 1. The molecule has 0 bridgehead atoms. The van der Waals surface area contributed by atoms with Crippen LogP contribution in [0.25, 0.3) is 0 Å². The highest BCUT2D eigenvalue weighted by Crippen LogP contribution is 2.20. The first-order valence-corrected chi connectivity index (χ1v) is 7.06. The smallest absolute Gasteiger partial charge is 0.213 e. The van der Waals surface area contributed by atoms with Gasteiger partial charge in [-0.1, -0.05) is 45.2 Å². The van der Waals surface area contributed by atoms with Crippen molar-refractivity contribution in [1.82, 2.24) is 10.3 Å². The predicted octanol–water partition coefficient (Wildman–Crippen LogP) is 3.66. The number of hydrogen-bond donors (Lipinski definition) is 1. The van der Waals surface area contributed by atoms with Gasteiger partial charge in [-0.05, 0) is 18.0 Å². The Kier molecular flexibility index (Phi) is 7.06. The maximum atomic E-state index is 6.09. The summed E-state index contributed by atoms with van der Waals surface area (Å²) in [4.78, 5) is 4.21. The minimum absolute atomic E-state index is 0.597. The van der Waals surface area contributed by atoms with E-state index in [2.05, 4.69) is 31.1 Å². The molecule has 0 aliphatic rings. The zero-order chi connectivity index (χ0) is 13.4. The fourth-order valence-corrected chi connectivity index (χ4v) is 1.83.